The van der Waals surface area contributed by atoms with Gasteiger partial charge in [-0.3, -0.25) is 4.79 Å². The van der Waals surface area contributed by atoms with E-state index >= 15 is 0 Å². The van der Waals surface area contributed by atoms with Crippen LogP contribution in [-0.2, 0) is 9.59 Å². The molecule has 32 heavy (non-hydrogen) atoms. The van der Waals surface area contributed by atoms with Crippen LogP contribution in [0.5, 0.6) is 0 Å². The molecular weight excluding hydrogens is 443 g/mol. The fourth-order valence-corrected chi connectivity index (χ4v) is 3.73. The average Bonchev–Trinajstić information content (AvgIpc) is 3.56. The summed E-state index contributed by atoms with van der Waals surface area (Å²) in [7, 11) is 1.81. The standard InChI is InChI=1S/C13H16ClNO2.C11H11F3O/c1-15-12-6-9(4-5-11(12)14)10(7-13(16)17)8-2-3-8;1-8-2-4-9(5-3-8)10(7-15)6-11(12,13)14/h4-6,8,10,15H,2-3,7H2,1H3,(H,16,17);2-5,7,10H,6H2,1H3/t;10-/m.1/s1. The molecule has 2 aromatic rings. The molecule has 0 aromatic heterocycles. The van der Waals surface area contributed by atoms with Crippen molar-refractivity contribution < 1.29 is 27.9 Å². The van der Waals surface area contributed by atoms with Crippen LogP contribution < -0.4 is 5.32 Å². The minimum Gasteiger partial charge on any atom is -0.481 e. The van der Waals surface area contributed by atoms with Crippen LogP contribution in [0, 0.1) is 12.8 Å². The molecular formula is C24H27ClF3NO3. The lowest BCUT2D eigenvalue weighted by Gasteiger charge is -2.16. The van der Waals surface area contributed by atoms with Crippen molar-refractivity contribution in [2.75, 3.05) is 12.4 Å². The van der Waals surface area contributed by atoms with E-state index in [9.17, 15) is 22.8 Å². The molecule has 174 valence electrons. The van der Waals surface area contributed by atoms with Crippen molar-refractivity contribution in [1.82, 2.24) is 0 Å². The molecule has 1 saturated carbocycles. The van der Waals surface area contributed by atoms with Gasteiger partial charge in [0.05, 0.1) is 23.6 Å². The SMILES string of the molecule is CNc1cc(C(CC(=O)O)C2CC2)ccc1Cl.Cc1ccc([C@@H](C=O)CC(F)(F)F)cc1. The molecule has 1 fully saturated rings. The molecule has 2 atom stereocenters. The first-order valence-corrected chi connectivity index (χ1v) is 10.7. The Hall–Kier alpha value is -2.54. The van der Waals surface area contributed by atoms with Crippen LogP contribution in [0.3, 0.4) is 0 Å². The zero-order valence-corrected chi connectivity index (χ0v) is 18.7. The van der Waals surface area contributed by atoms with E-state index in [0.717, 1.165) is 29.7 Å². The number of nitrogens with one attached hydrogen (secondary N) is 1. The number of benzene rings is 2. The van der Waals surface area contributed by atoms with E-state index in [0.29, 0.717) is 22.8 Å². The first-order valence-electron chi connectivity index (χ1n) is 10.3. The van der Waals surface area contributed by atoms with Crippen molar-refractivity contribution in [2.45, 2.75) is 50.6 Å². The van der Waals surface area contributed by atoms with Crippen LogP contribution >= 0.6 is 11.6 Å². The van der Waals surface area contributed by atoms with Crippen molar-refractivity contribution >= 4 is 29.5 Å². The maximum Gasteiger partial charge on any atom is 0.390 e. The van der Waals surface area contributed by atoms with Crippen LogP contribution in [0.15, 0.2) is 42.5 Å². The molecule has 0 amide bonds. The van der Waals surface area contributed by atoms with E-state index in [2.05, 4.69) is 5.32 Å². The number of carbonyl (C=O) groups is 2. The van der Waals surface area contributed by atoms with Gasteiger partial charge in [-0.1, -0.05) is 47.5 Å². The molecule has 8 heteroatoms. The van der Waals surface area contributed by atoms with Gasteiger partial charge in [0.15, 0.2) is 0 Å². The molecule has 2 aromatic carbocycles. The number of aliphatic carboxylic acids is 1. The quantitative estimate of drug-likeness (QED) is 0.428. The Kier molecular flexibility index (Phi) is 9.13. The van der Waals surface area contributed by atoms with Gasteiger partial charge in [-0.05, 0) is 54.9 Å². The molecule has 1 aliphatic carbocycles. The van der Waals surface area contributed by atoms with Gasteiger partial charge in [-0.15, -0.1) is 0 Å². The van der Waals surface area contributed by atoms with Crippen LogP contribution in [0.2, 0.25) is 5.02 Å². The zero-order valence-electron chi connectivity index (χ0n) is 18.0. The number of rotatable bonds is 8. The highest BCUT2D eigenvalue weighted by Gasteiger charge is 2.34. The van der Waals surface area contributed by atoms with Crippen LogP contribution in [0.1, 0.15) is 54.2 Å². The molecule has 3 rings (SSSR count). The summed E-state index contributed by atoms with van der Waals surface area (Å²) in [4.78, 5) is 21.5. The molecule has 4 nitrogen and oxygen atoms in total. The Balaban J connectivity index is 0.000000229. The maximum absolute atomic E-state index is 12.1. The number of carboxylic acid groups (broad SMARTS) is 1. The van der Waals surface area contributed by atoms with Crippen LogP contribution in [0.25, 0.3) is 0 Å². The van der Waals surface area contributed by atoms with E-state index in [1.807, 2.05) is 32.2 Å². The minimum atomic E-state index is -4.31. The fourth-order valence-electron chi connectivity index (χ4n) is 3.52. The van der Waals surface area contributed by atoms with Crippen molar-refractivity contribution in [3.8, 4) is 0 Å². The van der Waals surface area contributed by atoms with E-state index in [1.165, 1.54) is 0 Å². The van der Waals surface area contributed by atoms with Gasteiger partial charge in [0.1, 0.15) is 6.29 Å². The smallest absolute Gasteiger partial charge is 0.390 e. The predicted molar refractivity (Wildman–Crippen MR) is 119 cm³/mol. The van der Waals surface area contributed by atoms with Gasteiger partial charge >= 0.3 is 12.1 Å². The monoisotopic (exact) mass is 469 g/mol. The van der Waals surface area contributed by atoms with Gasteiger partial charge in [0.2, 0.25) is 0 Å². The summed E-state index contributed by atoms with van der Waals surface area (Å²) >= 11 is 6.02. The Morgan fingerprint density at radius 2 is 1.78 bits per heavy atom. The van der Waals surface area contributed by atoms with E-state index in [-0.39, 0.29) is 12.3 Å². The fraction of sp³-hybridized carbons (Fsp3) is 0.417. The van der Waals surface area contributed by atoms with E-state index in [1.54, 1.807) is 24.3 Å². The molecule has 0 aliphatic heterocycles. The van der Waals surface area contributed by atoms with Gasteiger partial charge in [0, 0.05) is 13.0 Å². The summed E-state index contributed by atoms with van der Waals surface area (Å²) in [6.45, 7) is 1.84. The normalized spacial score (nSPS) is 15.2. The van der Waals surface area contributed by atoms with Crippen molar-refractivity contribution in [3.05, 3.63) is 64.2 Å². The molecule has 0 heterocycles. The summed E-state index contributed by atoms with van der Waals surface area (Å²) in [6.07, 6.45) is -2.59. The lowest BCUT2D eigenvalue weighted by atomic mass is 9.91. The summed E-state index contributed by atoms with van der Waals surface area (Å²) in [5, 5.41) is 12.7. The molecule has 1 unspecified atom stereocenters. The van der Waals surface area contributed by atoms with E-state index < -0.39 is 24.5 Å². The number of carboxylic acids is 1. The average molecular weight is 470 g/mol. The van der Waals surface area contributed by atoms with Crippen LogP contribution in [-0.4, -0.2) is 30.6 Å². The third-order valence-corrected chi connectivity index (χ3v) is 5.72. The number of anilines is 1. The van der Waals surface area contributed by atoms with Crippen LogP contribution in [0.4, 0.5) is 18.9 Å². The summed E-state index contributed by atoms with van der Waals surface area (Å²) in [5.41, 5.74) is 3.30. The van der Waals surface area contributed by atoms with Gasteiger partial charge in [-0.2, -0.15) is 13.2 Å². The molecule has 0 radical (unpaired) electrons. The van der Waals surface area contributed by atoms with Crippen molar-refractivity contribution in [1.29, 1.82) is 0 Å². The van der Waals surface area contributed by atoms with Crippen molar-refractivity contribution in [3.63, 3.8) is 0 Å². The Bertz CT molecular complexity index is 912. The van der Waals surface area contributed by atoms with E-state index in [4.69, 9.17) is 16.7 Å². The number of hydrogen-bond donors (Lipinski definition) is 2. The summed E-state index contributed by atoms with van der Waals surface area (Å²) < 4.78 is 36.3. The lowest BCUT2D eigenvalue weighted by Crippen LogP contribution is -2.14. The topological polar surface area (TPSA) is 66.4 Å². The predicted octanol–water partition coefficient (Wildman–Crippen LogP) is 6.58. The summed E-state index contributed by atoms with van der Waals surface area (Å²) in [6, 6.07) is 12.2. The highest BCUT2D eigenvalue weighted by molar-refractivity contribution is 6.33. The molecule has 0 saturated heterocycles. The number of hydrogen-bond acceptors (Lipinski definition) is 3. The third kappa shape index (κ3) is 8.19. The second kappa shape index (κ2) is 11.4. The minimum absolute atomic E-state index is 0.122. The zero-order chi connectivity index (χ0) is 23.9. The maximum atomic E-state index is 12.1. The largest absolute Gasteiger partial charge is 0.481 e. The lowest BCUT2D eigenvalue weighted by molar-refractivity contribution is -0.143. The second-order valence-corrected chi connectivity index (χ2v) is 8.41. The number of aldehydes is 1. The van der Waals surface area contributed by atoms with Gasteiger partial charge in [0.25, 0.3) is 0 Å². The molecule has 0 bridgehead atoms. The van der Waals surface area contributed by atoms with Crippen molar-refractivity contribution in [2.24, 2.45) is 5.92 Å². The third-order valence-electron chi connectivity index (χ3n) is 5.39. The summed E-state index contributed by atoms with van der Waals surface area (Å²) in [5.74, 6) is -1.18. The number of carbonyl (C=O) groups excluding carboxylic acids is 1. The Morgan fingerprint density at radius 1 is 1.19 bits per heavy atom. The highest BCUT2D eigenvalue weighted by Crippen LogP contribution is 2.45. The van der Waals surface area contributed by atoms with Gasteiger partial charge < -0.3 is 15.2 Å². The second-order valence-electron chi connectivity index (χ2n) is 8.00. The highest BCUT2D eigenvalue weighted by atomic mass is 35.5. The molecule has 1 aliphatic rings. The first-order chi connectivity index (χ1) is 15.0. The molecule has 0 spiro atoms. The Labute approximate surface area is 190 Å². The van der Waals surface area contributed by atoms with Gasteiger partial charge in [-0.25, -0.2) is 0 Å². The number of aryl methyl sites for hydroxylation is 1. The number of alkyl halides is 3. The molecule has 2 N–H and O–H groups in total. The first kappa shape index (κ1) is 25.7. The Morgan fingerprint density at radius 3 is 2.25 bits per heavy atom. The number of halogens is 4.